The number of aromatic nitrogens is 1. The Labute approximate surface area is 130 Å². The van der Waals surface area contributed by atoms with Gasteiger partial charge in [-0.15, -0.1) is 0 Å². The second-order valence-electron chi connectivity index (χ2n) is 6.22. The van der Waals surface area contributed by atoms with E-state index in [2.05, 4.69) is 10.3 Å². The van der Waals surface area contributed by atoms with Gasteiger partial charge in [0.1, 0.15) is 6.61 Å². The maximum Gasteiger partial charge on any atom is 0.246 e. The van der Waals surface area contributed by atoms with Gasteiger partial charge in [-0.05, 0) is 38.3 Å². The summed E-state index contributed by atoms with van der Waals surface area (Å²) in [6, 6.07) is 3.95. The highest BCUT2D eigenvalue weighted by atomic mass is 16.5. The van der Waals surface area contributed by atoms with Crippen molar-refractivity contribution in [2.75, 3.05) is 19.7 Å². The first kappa shape index (κ1) is 15.1. The average Bonchev–Trinajstić information content (AvgIpc) is 3.03. The smallest absolute Gasteiger partial charge is 0.246 e. The van der Waals surface area contributed by atoms with E-state index in [4.69, 9.17) is 4.74 Å². The number of piperidine rings is 1. The minimum atomic E-state index is -0.301. The molecule has 1 aromatic heterocycles. The monoisotopic (exact) mass is 305 g/mol. The van der Waals surface area contributed by atoms with Gasteiger partial charge < -0.3 is 19.9 Å². The lowest BCUT2D eigenvalue weighted by Gasteiger charge is -2.47. The van der Waals surface area contributed by atoms with E-state index in [1.165, 1.54) is 0 Å². The number of hydrogen-bond donors (Lipinski definition) is 2. The van der Waals surface area contributed by atoms with Gasteiger partial charge in [0.2, 0.25) is 11.8 Å². The fourth-order valence-corrected chi connectivity index (χ4v) is 3.38. The van der Waals surface area contributed by atoms with Crippen LogP contribution < -0.4 is 5.32 Å². The molecule has 1 atom stereocenters. The van der Waals surface area contributed by atoms with Crippen molar-refractivity contribution in [2.24, 2.45) is 0 Å². The number of nitrogens with one attached hydrogen (secondary N) is 2. The van der Waals surface area contributed by atoms with Crippen molar-refractivity contribution in [3.63, 3.8) is 0 Å². The Hall–Kier alpha value is -1.82. The number of amides is 2. The number of carbonyl (C=O) groups excluding carboxylic acids is 2. The Morgan fingerprint density at radius 2 is 2.23 bits per heavy atom. The molecule has 1 spiro atoms. The third-order valence-electron chi connectivity index (χ3n) is 4.89. The summed E-state index contributed by atoms with van der Waals surface area (Å²) in [6.07, 6.45) is 4.71. The zero-order valence-corrected chi connectivity index (χ0v) is 12.9. The van der Waals surface area contributed by atoms with E-state index in [0.29, 0.717) is 19.5 Å². The minimum Gasteiger partial charge on any atom is -0.365 e. The average molecular weight is 305 g/mol. The number of H-pyrrole nitrogens is 1. The number of carbonyl (C=O) groups is 2. The number of nitrogens with zero attached hydrogens (tertiary/aromatic N) is 1. The normalized spacial score (nSPS) is 24.3. The largest absolute Gasteiger partial charge is 0.365 e. The molecule has 1 aromatic rings. The van der Waals surface area contributed by atoms with Crippen LogP contribution in [0.4, 0.5) is 0 Å². The molecule has 2 N–H and O–H groups in total. The molecule has 1 unspecified atom stereocenters. The van der Waals surface area contributed by atoms with Crippen LogP contribution >= 0.6 is 0 Å². The number of rotatable bonds is 3. The summed E-state index contributed by atoms with van der Waals surface area (Å²) >= 11 is 0. The van der Waals surface area contributed by atoms with Crippen LogP contribution in [-0.2, 0) is 20.7 Å². The van der Waals surface area contributed by atoms with Gasteiger partial charge in [-0.2, -0.15) is 0 Å². The van der Waals surface area contributed by atoms with Gasteiger partial charge >= 0.3 is 0 Å². The van der Waals surface area contributed by atoms with Crippen LogP contribution in [0.25, 0.3) is 0 Å². The Morgan fingerprint density at radius 1 is 1.45 bits per heavy atom. The molecule has 2 aliphatic heterocycles. The summed E-state index contributed by atoms with van der Waals surface area (Å²) in [7, 11) is 0. The van der Waals surface area contributed by atoms with Crippen LogP contribution in [0.2, 0.25) is 0 Å². The lowest BCUT2D eigenvalue weighted by atomic mass is 9.83. The Kier molecular flexibility index (Phi) is 4.20. The highest BCUT2D eigenvalue weighted by Crippen LogP contribution is 2.32. The molecule has 0 radical (unpaired) electrons. The maximum absolute atomic E-state index is 12.3. The van der Waals surface area contributed by atoms with E-state index >= 15 is 0 Å². The second-order valence-corrected chi connectivity index (χ2v) is 6.22. The summed E-state index contributed by atoms with van der Waals surface area (Å²) in [5.41, 5.74) is 0.790. The van der Waals surface area contributed by atoms with Crippen LogP contribution in [0.5, 0.6) is 0 Å². The standard InChI is InChI=1S/C16H23N3O3/c1-12-16(22-11-14(20)18-12)6-9-19(10-7-16)15(21)5-4-13-3-2-8-17-13/h2-3,8,12,17H,4-7,9-11H2,1H3,(H,18,20). The van der Waals surface area contributed by atoms with Gasteiger partial charge in [0.25, 0.3) is 0 Å². The van der Waals surface area contributed by atoms with Crippen molar-refractivity contribution in [3.05, 3.63) is 24.0 Å². The number of aryl methyl sites for hydroxylation is 1. The van der Waals surface area contributed by atoms with E-state index < -0.39 is 0 Å². The van der Waals surface area contributed by atoms with E-state index in [1.54, 1.807) is 0 Å². The first-order valence-electron chi connectivity index (χ1n) is 7.92. The number of morpholine rings is 1. The lowest BCUT2D eigenvalue weighted by molar-refractivity contribution is -0.163. The van der Waals surface area contributed by atoms with Crippen molar-refractivity contribution >= 4 is 11.8 Å². The molecule has 2 fully saturated rings. The lowest BCUT2D eigenvalue weighted by Crippen LogP contribution is -2.63. The van der Waals surface area contributed by atoms with Crippen molar-refractivity contribution < 1.29 is 14.3 Å². The molecule has 2 amide bonds. The molecular weight excluding hydrogens is 282 g/mol. The second kappa shape index (κ2) is 6.12. The van der Waals surface area contributed by atoms with Crippen LogP contribution in [0, 0.1) is 0 Å². The molecular formula is C16H23N3O3. The van der Waals surface area contributed by atoms with Gasteiger partial charge in [0.15, 0.2) is 0 Å². The molecule has 120 valence electrons. The van der Waals surface area contributed by atoms with Crippen molar-refractivity contribution in [1.82, 2.24) is 15.2 Å². The first-order valence-corrected chi connectivity index (χ1v) is 7.92. The van der Waals surface area contributed by atoms with E-state index in [-0.39, 0.29) is 30.1 Å². The first-order chi connectivity index (χ1) is 10.6. The van der Waals surface area contributed by atoms with Gasteiger partial charge in [-0.3, -0.25) is 9.59 Å². The maximum atomic E-state index is 12.3. The minimum absolute atomic E-state index is 0.00456. The number of ether oxygens (including phenoxy) is 1. The molecule has 22 heavy (non-hydrogen) atoms. The zero-order valence-electron chi connectivity index (χ0n) is 12.9. The molecule has 0 bridgehead atoms. The van der Waals surface area contributed by atoms with Crippen molar-refractivity contribution in [2.45, 2.75) is 44.2 Å². The molecule has 3 heterocycles. The van der Waals surface area contributed by atoms with Crippen LogP contribution in [-0.4, -0.2) is 53.0 Å². The van der Waals surface area contributed by atoms with Gasteiger partial charge in [-0.1, -0.05) is 0 Å². The SMILES string of the molecule is CC1NC(=O)COC12CCN(C(=O)CCc1ccc[nH]1)CC2. The molecule has 6 nitrogen and oxygen atoms in total. The Bertz CT molecular complexity index is 533. The van der Waals surface area contributed by atoms with Gasteiger partial charge in [0.05, 0.1) is 11.6 Å². The zero-order chi connectivity index (χ0) is 15.6. The highest BCUT2D eigenvalue weighted by molar-refractivity contribution is 5.78. The molecule has 3 rings (SSSR count). The summed E-state index contributed by atoms with van der Waals surface area (Å²) in [6.45, 7) is 3.51. The van der Waals surface area contributed by atoms with Gasteiger partial charge in [-0.25, -0.2) is 0 Å². The Morgan fingerprint density at radius 3 is 2.86 bits per heavy atom. The molecule has 0 aliphatic carbocycles. The van der Waals surface area contributed by atoms with Crippen molar-refractivity contribution in [1.29, 1.82) is 0 Å². The highest BCUT2D eigenvalue weighted by Gasteiger charge is 2.44. The molecule has 0 aromatic carbocycles. The molecule has 2 saturated heterocycles. The summed E-state index contributed by atoms with van der Waals surface area (Å²) in [4.78, 5) is 28.7. The van der Waals surface area contributed by atoms with Crippen LogP contribution in [0.3, 0.4) is 0 Å². The molecule has 0 saturated carbocycles. The van der Waals surface area contributed by atoms with E-state index in [9.17, 15) is 9.59 Å². The van der Waals surface area contributed by atoms with Crippen molar-refractivity contribution in [3.8, 4) is 0 Å². The topological polar surface area (TPSA) is 74.4 Å². The third kappa shape index (κ3) is 3.02. The number of hydrogen-bond acceptors (Lipinski definition) is 3. The Balaban J connectivity index is 1.50. The predicted molar refractivity (Wildman–Crippen MR) is 81.2 cm³/mol. The van der Waals surface area contributed by atoms with Crippen LogP contribution in [0.1, 0.15) is 31.9 Å². The van der Waals surface area contributed by atoms with E-state index in [1.807, 2.05) is 30.2 Å². The summed E-state index contributed by atoms with van der Waals surface area (Å²) < 4.78 is 5.82. The number of aromatic amines is 1. The summed E-state index contributed by atoms with van der Waals surface area (Å²) in [5, 5.41) is 2.96. The third-order valence-corrected chi connectivity index (χ3v) is 4.89. The number of likely N-dealkylation sites (tertiary alicyclic amines) is 1. The fraction of sp³-hybridized carbons (Fsp3) is 0.625. The predicted octanol–water partition coefficient (Wildman–Crippen LogP) is 0.843. The quantitative estimate of drug-likeness (QED) is 0.869. The molecule has 2 aliphatic rings. The van der Waals surface area contributed by atoms with Gasteiger partial charge in [0, 0.05) is 31.4 Å². The van der Waals surface area contributed by atoms with Crippen LogP contribution in [0.15, 0.2) is 18.3 Å². The van der Waals surface area contributed by atoms with E-state index in [0.717, 1.165) is 25.0 Å². The summed E-state index contributed by atoms with van der Waals surface area (Å²) in [5.74, 6) is 0.138. The molecule has 6 heteroatoms. The fourth-order valence-electron chi connectivity index (χ4n) is 3.38.